The first-order valence-electron chi connectivity index (χ1n) is 8.95. The third kappa shape index (κ3) is 2.13. The Morgan fingerprint density at radius 2 is 1.86 bits per heavy atom. The van der Waals surface area contributed by atoms with Gasteiger partial charge in [0.2, 0.25) is 0 Å². The number of Topliss-reactive ketones (excluding diaryl/α,β-unsaturated/α-hetero) is 1. The van der Waals surface area contributed by atoms with Gasteiger partial charge in [-0.15, -0.1) is 6.58 Å². The SMILES string of the molecule is C=C[C@@]1(C)CC(=O)[C@H]2[C@@](O)(CC[C@H]3C(C)(C)CCC[C@@]32C)C1. The van der Waals surface area contributed by atoms with Crippen LogP contribution < -0.4 is 0 Å². The van der Waals surface area contributed by atoms with Crippen LogP contribution in [0.25, 0.3) is 0 Å². The molecule has 22 heavy (non-hydrogen) atoms. The predicted molar refractivity (Wildman–Crippen MR) is 89.4 cm³/mol. The van der Waals surface area contributed by atoms with Crippen molar-refractivity contribution in [2.45, 2.75) is 78.2 Å². The van der Waals surface area contributed by atoms with Crippen molar-refractivity contribution < 1.29 is 9.90 Å². The maximum atomic E-state index is 13.1. The summed E-state index contributed by atoms with van der Waals surface area (Å²) in [6, 6.07) is 0. The molecule has 5 atom stereocenters. The van der Waals surface area contributed by atoms with Crippen LogP contribution in [0.1, 0.15) is 72.6 Å². The van der Waals surface area contributed by atoms with Crippen molar-refractivity contribution in [3.8, 4) is 0 Å². The fourth-order valence-corrected chi connectivity index (χ4v) is 6.65. The van der Waals surface area contributed by atoms with Crippen LogP contribution in [-0.4, -0.2) is 16.5 Å². The van der Waals surface area contributed by atoms with Gasteiger partial charge in [0, 0.05) is 6.42 Å². The van der Waals surface area contributed by atoms with Crippen LogP contribution in [0.3, 0.4) is 0 Å². The van der Waals surface area contributed by atoms with Crippen molar-refractivity contribution in [3.63, 3.8) is 0 Å². The monoisotopic (exact) mass is 304 g/mol. The molecule has 0 unspecified atom stereocenters. The zero-order chi connectivity index (χ0) is 16.4. The van der Waals surface area contributed by atoms with E-state index in [9.17, 15) is 9.90 Å². The average Bonchev–Trinajstić information content (AvgIpc) is 2.35. The van der Waals surface area contributed by atoms with Crippen molar-refractivity contribution in [1.82, 2.24) is 0 Å². The maximum Gasteiger partial charge on any atom is 0.140 e. The Morgan fingerprint density at radius 3 is 2.50 bits per heavy atom. The average molecular weight is 304 g/mol. The highest BCUT2D eigenvalue weighted by atomic mass is 16.3. The summed E-state index contributed by atoms with van der Waals surface area (Å²) in [5, 5.41) is 11.4. The molecule has 3 rings (SSSR count). The Morgan fingerprint density at radius 1 is 1.18 bits per heavy atom. The van der Waals surface area contributed by atoms with Crippen molar-refractivity contribution >= 4 is 5.78 Å². The smallest absolute Gasteiger partial charge is 0.140 e. The molecule has 0 amide bonds. The number of allylic oxidation sites excluding steroid dienone is 1. The highest BCUT2D eigenvalue weighted by Gasteiger charge is 2.64. The van der Waals surface area contributed by atoms with Crippen LogP contribution >= 0.6 is 0 Å². The molecule has 3 saturated carbocycles. The first-order valence-corrected chi connectivity index (χ1v) is 8.95. The van der Waals surface area contributed by atoms with E-state index in [1.807, 2.05) is 6.08 Å². The third-order valence-corrected chi connectivity index (χ3v) is 7.44. The van der Waals surface area contributed by atoms with Gasteiger partial charge in [0.1, 0.15) is 5.78 Å². The van der Waals surface area contributed by atoms with Gasteiger partial charge in [0.15, 0.2) is 0 Å². The predicted octanol–water partition coefficient (Wildman–Crippen LogP) is 4.52. The number of fused-ring (bicyclic) bond motifs is 3. The molecular formula is C20H32O2. The molecule has 0 aromatic heterocycles. The summed E-state index contributed by atoms with van der Waals surface area (Å²) in [6.07, 6.45) is 8.47. The lowest BCUT2D eigenvalue weighted by atomic mass is 9.42. The van der Waals surface area contributed by atoms with Gasteiger partial charge in [0.25, 0.3) is 0 Å². The van der Waals surface area contributed by atoms with E-state index < -0.39 is 5.60 Å². The summed E-state index contributed by atoms with van der Waals surface area (Å²) in [5.74, 6) is 0.656. The van der Waals surface area contributed by atoms with Gasteiger partial charge in [-0.3, -0.25) is 4.79 Å². The van der Waals surface area contributed by atoms with Crippen LogP contribution in [-0.2, 0) is 4.79 Å². The van der Waals surface area contributed by atoms with Gasteiger partial charge >= 0.3 is 0 Å². The summed E-state index contributed by atoms with van der Waals surface area (Å²) in [5.41, 5.74) is -0.811. The van der Waals surface area contributed by atoms with Gasteiger partial charge < -0.3 is 5.11 Å². The van der Waals surface area contributed by atoms with Gasteiger partial charge in [-0.2, -0.15) is 0 Å². The zero-order valence-corrected chi connectivity index (χ0v) is 14.7. The van der Waals surface area contributed by atoms with Crippen LogP contribution in [0.4, 0.5) is 0 Å². The highest BCUT2D eigenvalue weighted by Crippen LogP contribution is 2.65. The van der Waals surface area contributed by atoms with E-state index in [2.05, 4.69) is 34.3 Å². The highest BCUT2D eigenvalue weighted by molar-refractivity contribution is 5.85. The fraction of sp³-hybridized carbons (Fsp3) is 0.850. The second kappa shape index (κ2) is 4.69. The zero-order valence-electron chi connectivity index (χ0n) is 14.7. The number of hydrogen-bond acceptors (Lipinski definition) is 2. The van der Waals surface area contributed by atoms with E-state index >= 15 is 0 Å². The van der Waals surface area contributed by atoms with Crippen LogP contribution in [0.5, 0.6) is 0 Å². The van der Waals surface area contributed by atoms with Gasteiger partial charge in [-0.1, -0.05) is 40.2 Å². The standard InChI is InChI=1S/C20H32O2/c1-6-18(4)12-14(21)16-19(5)10-7-9-17(2,3)15(19)8-11-20(16,22)13-18/h6,15-16,22H,1,7-13H2,2-5H3/t15-,16+,18-,19-,20+/m0/s1. The summed E-state index contributed by atoms with van der Waals surface area (Å²) in [7, 11) is 0. The third-order valence-electron chi connectivity index (χ3n) is 7.44. The largest absolute Gasteiger partial charge is 0.389 e. The molecule has 2 nitrogen and oxygen atoms in total. The molecule has 2 heteroatoms. The number of ketones is 1. The minimum Gasteiger partial charge on any atom is -0.389 e. The lowest BCUT2D eigenvalue weighted by Gasteiger charge is -2.63. The molecular weight excluding hydrogens is 272 g/mol. The lowest BCUT2D eigenvalue weighted by Crippen LogP contribution is -2.64. The first kappa shape index (κ1) is 16.2. The van der Waals surface area contributed by atoms with Crippen LogP contribution in [0, 0.1) is 28.1 Å². The van der Waals surface area contributed by atoms with E-state index in [0.29, 0.717) is 18.8 Å². The number of aliphatic hydroxyl groups is 1. The summed E-state index contributed by atoms with van der Waals surface area (Å²) >= 11 is 0. The van der Waals surface area contributed by atoms with E-state index in [4.69, 9.17) is 0 Å². The van der Waals surface area contributed by atoms with Gasteiger partial charge in [0.05, 0.1) is 11.5 Å². The second-order valence-electron chi connectivity index (χ2n) is 9.65. The minimum atomic E-state index is -0.822. The molecule has 3 fully saturated rings. The van der Waals surface area contributed by atoms with E-state index in [1.165, 1.54) is 12.8 Å². The molecule has 0 radical (unpaired) electrons. The molecule has 3 aliphatic carbocycles. The Labute approximate surface area is 135 Å². The number of carbonyl (C=O) groups excluding carboxylic acids is 1. The molecule has 0 heterocycles. The summed E-state index contributed by atoms with van der Waals surface area (Å²) < 4.78 is 0. The second-order valence-corrected chi connectivity index (χ2v) is 9.65. The van der Waals surface area contributed by atoms with E-state index in [0.717, 1.165) is 19.3 Å². The molecule has 0 aliphatic heterocycles. The molecule has 0 aromatic carbocycles. The number of hydrogen-bond donors (Lipinski definition) is 1. The molecule has 0 bridgehead atoms. The van der Waals surface area contributed by atoms with Crippen molar-refractivity contribution in [1.29, 1.82) is 0 Å². The number of rotatable bonds is 1. The normalized spacial score (nSPS) is 50.9. The molecule has 0 aromatic rings. The first-order chi connectivity index (χ1) is 10.1. The summed E-state index contributed by atoms with van der Waals surface area (Å²) in [4.78, 5) is 13.1. The van der Waals surface area contributed by atoms with Crippen molar-refractivity contribution in [2.24, 2.45) is 28.1 Å². The Bertz CT molecular complexity index is 508. The van der Waals surface area contributed by atoms with E-state index in [1.54, 1.807) is 0 Å². The molecule has 0 saturated heterocycles. The maximum absolute atomic E-state index is 13.1. The van der Waals surface area contributed by atoms with E-state index in [-0.39, 0.29) is 27.9 Å². The van der Waals surface area contributed by atoms with Crippen LogP contribution in [0.15, 0.2) is 12.7 Å². The van der Waals surface area contributed by atoms with Crippen molar-refractivity contribution in [3.05, 3.63) is 12.7 Å². The Hall–Kier alpha value is -0.630. The minimum absolute atomic E-state index is 0.0334. The van der Waals surface area contributed by atoms with Gasteiger partial charge in [-0.05, 0) is 54.3 Å². The lowest BCUT2D eigenvalue weighted by molar-refractivity contribution is -0.201. The van der Waals surface area contributed by atoms with Gasteiger partial charge in [-0.25, -0.2) is 0 Å². The fourth-order valence-electron chi connectivity index (χ4n) is 6.65. The van der Waals surface area contributed by atoms with Crippen molar-refractivity contribution in [2.75, 3.05) is 0 Å². The molecule has 3 aliphatic rings. The molecule has 0 spiro atoms. The molecule has 1 N–H and O–H groups in total. The molecule has 124 valence electrons. The quantitative estimate of drug-likeness (QED) is 0.723. The summed E-state index contributed by atoms with van der Waals surface area (Å²) in [6.45, 7) is 13.0. The topological polar surface area (TPSA) is 37.3 Å². The number of carbonyl (C=O) groups is 1. The Kier molecular flexibility index (Phi) is 3.46. The Balaban J connectivity index is 2.03. The van der Waals surface area contributed by atoms with Crippen LogP contribution in [0.2, 0.25) is 0 Å².